The van der Waals surface area contributed by atoms with Crippen LogP contribution in [0.25, 0.3) is 0 Å². The van der Waals surface area contributed by atoms with Crippen molar-refractivity contribution in [3.8, 4) is 0 Å². The van der Waals surface area contributed by atoms with Crippen LogP contribution < -0.4 is 0 Å². The first-order chi connectivity index (χ1) is 5.70. The van der Waals surface area contributed by atoms with Gasteiger partial charge in [0.1, 0.15) is 0 Å². The molecule has 1 rings (SSSR count). The van der Waals surface area contributed by atoms with E-state index < -0.39 is 0 Å². The first-order valence-electron chi connectivity index (χ1n) is 4.28. The molecule has 0 radical (unpaired) electrons. The maximum absolute atomic E-state index is 10.8. The Bertz CT molecular complexity index is 256. The van der Waals surface area contributed by atoms with Crippen molar-refractivity contribution < 1.29 is 4.79 Å². The molecule has 2 heteroatoms. The summed E-state index contributed by atoms with van der Waals surface area (Å²) >= 11 is 0. The molecule has 0 aromatic heterocycles. The maximum Gasteiger partial charge on any atom is 0.159 e. The van der Waals surface area contributed by atoms with Crippen LogP contribution in [-0.2, 0) is 0 Å². The molecule has 0 saturated carbocycles. The number of ketones is 1. The number of rotatable bonds is 1. The first kappa shape index (κ1) is 14.7. The van der Waals surface area contributed by atoms with Crippen molar-refractivity contribution in [2.24, 2.45) is 0 Å². The molecule has 0 atom stereocenters. The Kier molecular flexibility index (Phi) is 8.92. The normalized spacial score (nSPS) is 7.69. The topological polar surface area (TPSA) is 17.1 Å². The molecule has 0 bridgehead atoms. The highest BCUT2D eigenvalue weighted by molar-refractivity contribution is 7.59. The summed E-state index contributed by atoms with van der Waals surface area (Å²) in [4.78, 5) is 10.8. The van der Waals surface area contributed by atoms with E-state index in [2.05, 4.69) is 0 Å². The predicted molar refractivity (Wildman–Crippen MR) is 62.9 cm³/mol. The standard InChI is InChI=1S/C9H10O.C2H6.H2S/c1-7-4-3-5-9(6-7)8(2)10;1-2;/h3-6H,1-2H3;1-2H3;1H2. The molecule has 0 N–H and O–H groups in total. The molecule has 0 aliphatic carbocycles. The zero-order valence-corrected chi connectivity index (χ0v) is 9.72. The van der Waals surface area contributed by atoms with Gasteiger partial charge in [0.25, 0.3) is 0 Å². The minimum atomic E-state index is 0. The lowest BCUT2D eigenvalue weighted by atomic mass is 10.1. The molecule has 0 aliphatic rings. The fourth-order valence-corrected chi connectivity index (χ4v) is 0.864. The molecule has 13 heavy (non-hydrogen) atoms. The van der Waals surface area contributed by atoms with E-state index in [1.807, 2.05) is 45.0 Å². The summed E-state index contributed by atoms with van der Waals surface area (Å²) in [6.07, 6.45) is 0. The minimum absolute atomic E-state index is 0. The lowest BCUT2D eigenvalue weighted by Crippen LogP contribution is -1.90. The number of benzene rings is 1. The smallest absolute Gasteiger partial charge is 0.159 e. The third-order valence-corrected chi connectivity index (χ3v) is 1.42. The SMILES string of the molecule is CC.CC(=O)c1cccc(C)c1.S. The van der Waals surface area contributed by atoms with Crippen molar-refractivity contribution in [1.82, 2.24) is 0 Å². The number of carbonyl (C=O) groups excluding carboxylic acids is 1. The van der Waals surface area contributed by atoms with Gasteiger partial charge in [-0.1, -0.05) is 37.6 Å². The van der Waals surface area contributed by atoms with Crippen molar-refractivity contribution in [1.29, 1.82) is 0 Å². The molecule has 0 fully saturated rings. The van der Waals surface area contributed by atoms with E-state index in [9.17, 15) is 4.79 Å². The van der Waals surface area contributed by atoms with Crippen LogP contribution in [0.1, 0.15) is 36.7 Å². The number of carbonyl (C=O) groups is 1. The zero-order chi connectivity index (χ0) is 9.56. The zero-order valence-electron chi connectivity index (χ0n) is 8.72. The van der Waals surface area contributed by atoms with Crippen molar-refractivity contribution >= 4 is 19.3 Å². The van der Waals surface area contributed by atoms with Crippen LogP contribution in [0.15, 0.2) is 24.3 Å². The van der Waals surface area contributed by atoms with Gasteiger partial charge in [-0.05, 0) is 19.9 Å². The van der Waals surface area contributed by atoms with Crippen LogP contribution >= 0.6 is 13.5 Å². The van der Waals surface area contributed by atoms with Crippen LogP contribution in [0.3, 0.4) is 0 Å². The van der Waals surface area contributed by atoms with Gasteiger partial charge in [0.05, 0.1) is 0 Å². The fraction of sp³-hybridized carbons (Fsp3) is 0.364. The van der Waals surface area contributed by atoms with E-state index in [1.165, 1.54) is 0 Å². The summed E-state index contributed by atoms with van der Waals surface area (Å²) in [6.45, 7) is 7.56. The molecule has 1 aromatic rings. The Morgan fingerprint density at radius 2 is 1.77 bits per heavy atom. The number of hydrogen-bond donors (Lipinski definition) is 0. The van der Waals surface area contributed by atoms with Crippen molar-refractivity contribution in [2.75, 3.05) is 0 Å². The van der Waals surface area contributed by atoms with Gasteiger partial charge in [-0.25, -0.2) is 0 Å². The highest BCUT2D eigenvalue weighted by atomic mass is 32.1. The van der Waals surface area contributed by atoms with Crippen LogP contribution in [0.5, 0.6) is 0 Å². The molecule has 1 aromatic carbocycles. The Morgan fingerprint density at radius 1 is 1.23 bits per heavy atom. The van der Waals surface area contributed by atoms with Crippen LogP contribution in [0.4, 0.5) is 0 Å². The maximum atomic E-state index is 10.8. The molecule has 74 valence electrons. The van der Waals surface area contributed by atoms with Gasteiger partial charge >= 0.3 is 0 Å². The Morgan fingerprint density at radius 3 is 2.08 bits per heavy atom. The van der Waals surface area contributed by atoms with Crippen molar-refractivity contribution in [3.63, 3.8) is 0 Å². The molecule has 0 heterocycles. The molecule has 0 amide bonds. The van der Waals surface area contributed by atoms with E-state index >= 15 is 0 Å². The van der Waals surface area contributed by atoms with Gasteiger partial charge in [0, 0.05) is 5.56 Å². The summed E-state index contributed by atoms with van der Waals surface area (Å²) in [5.74, 6) is 0.128. The molecule has 0 aliphatic heterocycles. The average Bonchev–Trinajstić information content (AvgIpc) is 2.08. The number of hydrogen-bond acceptors (Lipinski definition) is 1. The van der Waals surface area contributed by atoms with Gasteiger partial charge in [0.2, 0.25) is 0 Å². The second-order valence-electron chi connectivity index (χ2n) is 2.43. The van der Waals surface area contributed by atoms with E-state index in [1.54, 1.807) is 6.92 Å². The summed E-state index contributed by atoms with van der Waals surface area (Å²) in [5, 5.41) is 0. The molecular weight excluding hydrogens is 180 g/mol. The monoisotopic (exact) mass is 198 g/mol. The molecular formula is C11H18OS. The fourth-order valence-electron chi connectivity index (χ4n) is 0.864. The van der Waals surface area contributed by atoms with Crippen molar-refractivity contribution in [2.45, 2.75) is 27.7 Å². The van der Waals surface area contributed by atoms with E-state index in [-0.39, 0.29) is 19.3 Å². The summed E-state index contributed by atoms with van der Waals surface area (Å²) in [6, 6.07) is 7.59. The number of Topliss-reactive ketones (excluding diaryl/α,β-unsaturated/α-hetero) is 1. The van der Waals surface area contributed by atoms with Gasteiger partial charge in [-0.2, -0.15) is 13.5 Å². The lowest BCUT2D eigenvalue weighted by Gasteiger charge is -1.94. The van der Waals surface area contributed by atoms with Crippen LogP contribution in [0.2, 0.25) is 0 Å². The van der Waals surface area contributed by atoms with Crippen LogP contribution in [-0.4, -0.2) is 5.78 Å². The average molecular weight is 198 g/mol. The second kappa shape index (κ2) is 7.87. The summed E-state index contributed by atoms with van der Waals surface area (Å²) < 4.78 is 0. The lowest BCUT2D eigenvalue weighted by molar-refractivity contribution is 0.101. The first-order valence-corrected chi connectivity index (χ1v) is 4.28. The molecule has 0 unspecified atom stereocenters. The summed E-state index contributed by atoms with van der Waals surface area (Å²) in [7, 11) is 0. The summed E-state index contributed by atoms with van der Waals surface area (Å²) in [5.41, 5.74) is 1.92. The van der Waals surface area contributed by atoms with Gasteiger partial charge in [0.15, 0.2) is 5.78 Å². The third kappa shape index (κ3) is 5.47. The van der Waals surface area contributed by atoms with Crippen LogP contribution in [0, 0.1) is 6.92 Å². The van der Waals surface area contributed by atoms with Gasteiger partial charge in [-0.3, -0.25) is 4.79 Å². The predicted octanol–water partition coefficient (Wildman–Crippen LogP) is 3.34. The van der Waals surface area contributed by atoms with E-state index in [0.29, 0.717) is 0 Å². The molecule has 0 saturated heterocycles. The van der Waals surface area contributed by atoms with E-state index in [4.69, 9.17) is 0 Å². The van der Waals surface area contributed by atoms with Gasteiger partial charge in [-0.15, -0.1) is 0 Å². The minimum Gasteiger partial charge on any atom is -0.295 e. The van der Waals surface area contributed by atoms with Crippen molar-refractivity contribution in [3.05, 3.63) is 35.4 Å². The second-order valence-corrected chi connectivity index (χ2v) is 2.43. The number of aryl methyl sites for hydroxylation is 1. The largest absolute Gasteiger partial charge is 0.295 e. The van der Waals surface area contributed by atoms with Gasteiger partial charge < -0.3 is 0 Å². The Balaban J connectivity index is 0. The quantitative estimate of drug-likeness (QED) is 0.633. The highest BCUT2D eigenvalue weighted by Gasteiger charge is 1.95. The Hall–Kier alpha value is -0.760. The highest BCUT2D eigenvalue weighted by Crippen LogP contribution is 2.03. The molecule has 0 spiro atoms. The van der Waals surface area contributed by atoms with E-state index in [0.717, 1.165) is 11.1 Å². The third-order valence-electron chi connectivity index (χ3n) is 1.42. The molecule has 1 nitrogen and oxygen atoms in total. The Labute approximate surface area is 87.6 Å².